The minimum absolute atomic E-state index is 0. The van der Waals surface area contributed by atoms with Gasteiger partial charge in [-0.2, -0.15) is 0 Å². The Kier molecular flexibility index (Phi) is 11.2. The summed E-state index contributed by atoms with van der Waals surface area (Å²) in [4.78, 5) is 6.46. The van der Waals surface area contributed by atoms with Crippen molar-refractivity contribution in [3.63, 3.8) is 0 Å². The normalized spacial score (nSPS) is 13.4. The fraction of sp³-hybridized carbons (Fsp3) is 0.611. The molecule has 0 aliphatic heterocycles. The first-order chi connectivity index (χ1) is 10.9. The standard InChI is InChI=1S/C18H32N4O.HI/c1-18(2,14-22(4)5)13-21-17(19-3)20-11-16(12-23)15-9-7-6-8-10-15;/h6-10,16,23H,11-14H2,1-5H3,(H2,19,20,21);1H. The van der Waals surface area contributed by atoms with Gasteiger partial charge in [-0.15, -0.1) is 24.0 Å². The van der Waals surface area contributed by atoms with E-state index in [0.29, 0.717) is 6.54 Å². The molecule has 0 aliphatic carbocycles. The number of aliphatic hydroxyl groups excluding tert-OH is 1. The van der Waals surface area contributed by atoms with Gasteiger partial charge in [0.25, 0.3) is 0 Å². The maximum atomic E-state index is 9.62. The molecule has 1 atom stereocenters. The number of halogens is 1. The molecule has 0 fully saturated rings. The first-order valence-corrected chi connectivity index (χ1v) is 8.13. The van der Waals surface area contributed by atoms with E-state index in [4.69, 9.17) is 0 Å². The van der Waals surface area contributed by atoms with E-state index in [9.17, 15) is 5.11 Å². The Morgan fingerprint density at radius 2 is 1.83 bits per heavy atom. The van der Waals surface area contributed by atoms with Gasteiger partial charge < -0.3 is 20.6 Å². The van der Waals surface area contributed by atoms with Crippen LogP contribution in [-0.4, -0.2) is 63.4 Å². The lowest BCUT2D eigenvalue weighted by atomic mass is 9.93. The van der Waals surface area contributed by atoms with E-state index < -0.39 is 0 Å². The third-order valence-corrected chi connectivity index (χ3v) is 3.71. The van der Waals surface area contributed by atoms with E-state index in [1.54, 1.807) is 7.05 Å². The first kappa shape index (κ1) is 23.1. The van der Waals surface area contributed by atoms with Gasteiger partial charge in [-0.1, -0.05) is 44.2 Å². The lowest BCUT2D eigenvalue weighted by Crippen LogP contribution is -2.45. The van der Waals surface area contributed by atoms with Gasteiger partial charge in [0, 0.05) is 32.6 Å². The summed E-state index contributed by atoms with van der Waals surface area (Å²) in [7, 11) is 5.94. The molecule has 0 amide bonds. The van der Waals surface area contributed by atoms with Crippen molar-refractivity contribution in [2.24, 2.45) is 10.4 Å². The molecule has 3 N–H and O–H groups in total. The van der Waals surface area contributed by atoms with Crippen LogP contribution in [0.3, 0.4) is 0 Å². The Morgan fingerprint density at radius 3 is 2.33 bits per heavy atom. The zero-order valence-electron chi connectivity index (χ0n) is 15.5. The first-order valence-electron chi connectivity index (χ1n) is 8.13. The maximum Gasteiger partial charge on any atom is 0.191 e. The molecule has 0 spiro atoms. The van der Waals surface area contributed by atoms with Crippen molar-refractivity contribution in [2.75, 3.05) is 47.4 Å². The van der Waals surface area contributed by atoms with Gasteiger partial charge in [-0.3, -0.25) is 4.99 Å². The minimum atomic E-state index is 0. The van der Waals surface area contributed by atoms with Crippen LogP contribution in [0.4, 0.5) is 0 Å². The van der Waals surface area contributed by atoms with Gasteiger partial charge in [-0.25, -0.2) is 0 Å². The zero-order valence-corrected chi connectivity index (χ0v) is 17.9. The Hall–Kier alpha value is -0.860. The fourth-order valence-electron chi connectivity index (χ4n) is 2.69. The largest absolute Gasteiger partial charge is 0.396 e. The van der Waals surface area contributed by atoms with Gasteiger partial charge >= 0.3 is 0 Å². The minimum Gasteiger partial charge on any atom is -0.396 e. The highest BCUT2D eigenvalue weighted by Gasteiger charge is 2.19. The Bertz CT molecular complexity index is 477. The molecule has 24 heavy (non-hydrogen) atoms. The van der Waals surface area contributed by atoms with Crippen LogP contribution < -0.4 is 10.6 Å². The molecule has 0 aromatic heterocycles. The molecule has 1 unspecified atom stereocenters. The van der Waals surface area contributed by atoms with Crippen molar-refractivity contribution in [3.05, 3.63) is 35.9 Å². The number of nitrogens with zero attached hydrogens (tertiary/aromatic N) is 2. The van der Waals surface area contributed by atoms with Gasteiger partial charge in [0.05, 0.1) is 6.61 Å². The van der Waals surface area contributed by atoms with Gasteiger partial charge in [-0.05, 0) is 25.1 Å². The number of nitrogens with one attached hydrogen (secondary N) is 2. The van der Waals surface area contributed by atoms with Crippen LogP contribution in [0, 0.1) is 5.41 Å². The molecule has 0 aliphatic rings. The quantitative estimate of drug-likeness (QED) is 0.324. The van der Waals surface area contributed by atoms with Crippen molar-refractivity contribution < 1.29 is 5.11 Å². The van der Waals surface area contributed by atoms with E-state index >= 15 is 0 Å². The zero-order chi connectivity index (χ0) is 17.3. The second-order valence-electron chi connectivity index (χ2n) is 7.00. The van der Waals surface area contributed by atoms with E-state index in [-0.39, 0.29) is 41.9 Å². The Labute approximate surface area is 164 Å². The third-order valence-electron chi connectivity index (χ3n) is 3.71. The van der Waals surface area contributed by atoms with Crippen LogP contribution in [0.2, 0.25) is 0 Å². The van der Waals surface area contributed by atoms with Gasteiger partial charge in [0.2, 0.25) is 0 Å². The monoisotopic (exact) mass is 448 g/mol. The Balaban J connectivity index is 0.00000529. The van der Waals surface area contributed by atoms with Crippen molar-refractivity contribution in [1.29, 1.82) is 0 Å². The van der Waals surface area contributed by atoms with Crippen LogP contribution in [0.1, 0.15) is 25.3 Å². The van der Waals surface area contributed by atoms with Crippen LogP contribution in [-0.2, 0) is 0 Å². The van der Waals surface area contributed by atoms with E-state index in [1.807, 2.05) is 30.3 Å². The molecule has 0 bridgehead atoms. The summed E-state index contributed by atoms with van der Waals surface area (Å²) in [5.41, 5.74) is 1.28. The molecule has 138 valence electrons. The highest BCUT2D eigenvalue weighted by atomic mass is 127. The van der Waals surface area contributed by atoms with Crippen LogP contribution in [0.25, 0.3) is 0 Å². The highest BCUT2D eigenvalue weighted by molar-refractivity contribution is 14.0. The second kappa shape index (κ2) is 11.7. The second-order valence-corrected chi connectivity index (χ2v) is 7.00. The number of benzene rings is 1. The molecule has 1 aromatic carbocycles. The lowest BCUT2D eigenvalue weighted by Gasteiger charge is -2.29. The predicted molar refractivity (Wildman–Crippen MR) is 113 cm³/mol. The number of guanidine groups is 1. The molecule has 5 nitrogen and oxygen atoms in total. The van der Waals surface area contributed by atoms with E-state index in [1.165, 1.54) is 0 Å². The number of hydrogen-bond acceptors (Lipinski definition) is 3. The number of aliphatic hydroxyl groups is 1. The summed E-state index contributed by atoms with van der Waals surface area (Å²) in [5.74, 6) is 0.829. The molecule has 0 radical (unpaired) electrons. The molecule has 0 saturated carbocycles. The number of hydrogen-bond donors (Lipinski definition) is 3. The molecule has 1 rings (SSSR count). The van der Waals surface area contributed by atoms with E-state index in [0.717, 1.165) is 24.6 Å². The average molecular weight is 448 g/mol. The summed E-state index contributed by atoms with van der Waals surface area (Å²) in [6.07, 6.45) is 0. The summed E-state index contributed by atoms with van der Waals surface area (Å²) in [6.45, 7) is 7.05. The molecule has 6 heteroatoms. The summed E-state index contributed by atoms with van der Waals surface area (Å²) in [5, 5.41) is 16.3. The molecule has 1 aromatic rings. The van der Waals surface area contributed by atoms with Crippen molar-refractivity contribution in [3.8, 4) is 0 Å². The molecule has 0 saturated heterocycles. The molecular formula is C18H33IN4O. The maximum absolute atomic E-state index is 9.62. The smallest absolute Gasteiger partial charge is 0.191 e. The van der Waals surface area contributed by atoms with Crippen molar-refractivity contribution in [1.82, 2.24) is 15.5 Å². The Morgan fingerprint density at radius 1 is 1.21 bits per heavy atom. The number of rotatable bonds is 8. The third kappa shape index (κ3) is 8.84. The topological polar surface area (TPSA) is 59.9 Å². The summed E-state index contributed by atoms with van der Waals surface area (Å²) in [6, 6.07) is 10.1. The van der Waals surface area contributed by atoms with Gasteiger partial charge in [0.1, 0.15) is 0 Å². The van der Waals surface area contributed by atoms with Crippen molar-refractivity contribution >= 4 is 29.9 Å². The fourth-order valence-corrected chi connectivity index (χ4v) is 2.69. The lowest BCUT2D eigenvalue weighted by molar-refractivity contribution is 0.240. The highest BCUT2D eigenvalue weighted by Crippen LogP contribution is 2.15. The average Bonchev–Trinajstić information content (AvgIpc) is 2.50. The predicted octanol–water partition coefficient (Wildman–Crippen LogP) is 2.13. The van der Waals surface area contributed by atoms with Crippen LogP contribution in [0.5, 0.6) is 0 Å². The molecular weight excluding hydrogens is 415 g/mol. The van der Waals surface area contributed by atoms with Crippen molar-refractivity contribution in [2.45, 2.75) is 19.8 Å². The van der Waals surface area contributed by atoms with E-state index in [2.05, 4.69) is 48.5 Å². The van der Waals surface area contributed by atoms with Crippen LogP contribution >= 0.6 is 24.0 Å². The SMILES string of the molecule is CN=C(NCC(CO)c1ccccc1)NCC(C)(C)CN(C)C.I. The van der Waals surface area contributed by atoms with Crippen LogP contribution in [0.15, 0.2) is 35.3 Å². The summed E-state index contributed by atoms with van der Waals surface area (Å²) >= 11 is 0. The summed E-state index contributed by atoms with van der Waals surface area (Å²) < 4.78 is 0. The van der Waals surface area contributed by atoms with Gasteiger partial charge in [0.15, 0.2) is 5.96 Å². The number of aliphatic imine (C=N–C) groups is 1. The molecule has 0 heterocycles.